The first-order valence-electron chi connectivity index (χ1n) is 8.91. The van der Waals surface area contributed by atoms with Gasteiger partial charge >= 0.3 is 5.97 Å². The van der Waals surface area contributed by atoms with E-state index < -0.39 is 29.2 Å². The van der Waals surface area contributed by atoms with Crippen molar-refractivity contribution < 1.29 is 18.7 Å². The van der Waals surface area contributed by atoms with E-state index in [1.54, 1.807) is 18.2 Å². The highest BCUT2D eigenvalue weighted by Crippen LogP contribution is 2.43. The monoisotopic (exact) mass is 424 g/mol. The molecule has 1 unspecified atom stereocenters. The van der Waals surface area contributed by atoms with Crippen molar-refractivity contribution in [3.63, 3.8) is 0 Å². The highest BCUT2D eigenvalue weighted by atomic mass is 35.5. The van der Waals surface area contributed by atoms with Crippen molar-refractivity contribution in [1.29, 1.82) is 0 Å². The Balaban J connectivity index is 1.75. The smallest absolute Gasteiger partial charge is 0.317 e. The van der Waals surface area contributed by atoms with Gasteiger partial charge in [0.2, 0.25) is 0 Å². The first-order chi connectivity index (χ1) is 13.3. The van der Waals surface area contributed by atoms with Gasteiger partial charge in [0.15, 0.2) is 11.9 Å². The molecule has 0 bridgehead atoms. The van der Waals surface area contributed by atoms with Gasteiger partial charge in [0.1, 0.15) is 5.82 Å². The second kappa shape index (κ2) is 8.45. The Hall–Kier alpha value is -2.18. The van der Waals surface area contributed by atoms with Crippen molar-refractivity contribution in [2.45, 2.75) is 44.1 Å². The molecule has 0 saturated heterocycles. The molecule has 3 rings (SSSR count). The van der Waals surface area contributed by atoms with Gasteiger partial charge in [-0.05, 0) is 31.9 Å². The lowest BCUT2D eigenvalue weighted by molar-refractivity contribution is -0.159. The van der Waals surface area contributed by atoms with Gasteiger partial charge in [-0.2, -0.15) is 0 Å². The van der Waals surface area contributed by atoms with Crippen LogP contribution in [0, 0.1) is 5.82 Å². The van der Waals surface area contributed by atoms with Crippen molar-refractivity contribution >= 4 is 40.9 Å². The number of nitrogens with one attached hydrogen (secondary N) is 1. The lowest BCUT2D eigenvalue weighted by Crippen LogP contribution is -2.40. The highest BCUT2D eigenvalue weighted by Gasteiger charge is 2.46. The summed E-state index contributed by atoms with van der Waals surface area (Å²) in [5, 5.41) is 3.00. The summed E-state index contributed by atoms with van der Waals surface area (Å²) < 4.78 is 19.8. The summed E-state index contributed by atoms with van der Waals surface area (Å²) in [5.74, 6) is -1.53. The molecule has 5 nitrogen and oxygen atoms in total. The van der Waals surface area contributed by atoms with Gasteiger partial charge in [-0.15, -0.1) is 0 Å². The van der Waals surface area contributed by atoms with Gasteiger partial charge in [0.25, 0.3) is 5.91 Å². The average Bonchev–Trinajstić information content (AvgIpc) is 3.15. The molecule has 1 aliphatic carbocycles. The Morgan fingerprint density at radius 1 is 1.25 bits per heavy atom. The van der Waals surface area contributed by atoms with Crippen LogP contribution in [0.25, 0.3) is 0 Å². The minimum atomic E-state index is -1.11. The van der Waals surface area contributed by atoms with E-state index in [4.69, 9.17) is 27.9 Å². The standard InChI is InChI=1S/C20H19Cl2FN2O3/c1-12(18(26)25-17-15(22)10-13(21)11-24-17)28-19(27)20(8-4-5-9-20)14-6-2-3-7-16(14)23/h2-3,6-7,10-12H,4-5,8-9H2,1H3,(H,24,25,26). The van der Waals surface area contributed by atoms with Crippen LogP contribution in [0.4, 0.5) is 10.2 Å². The van der Waals surface area contributed by atoms with Crippen LogP contribution in [0.2, 0.25) is 10.0 Å². The molecule has 0 spiro atoms. The maximum Gasteiger partial charge on any atom is 0.317 e. The van der Waals surface area contributed by atoms with E-state index in [1.165, 1.54) is 25.3 Å². The van der Waals surface area contributed by atoms with Crippen LogP contribution in [-0.2, 0) is 19.7 Å². The Bertz CT molecular complexity index is 901. The van der Waals surface area contributed by atoms with E-state index >= 15 is 0 Å². The number of benzene rings is 1. The second-order valence-corrected chi connectivity index (χ2v) is 7.63. The summed E-state index contributed by atoms with van der Waals surface area (Å²) in [6.45, 7) is 1.45. The number of nitrogens with zero attached hydrogens (tertiary/aromatic N) is 1. The third-order valence-corrected chi connectivity index (χ3v) is 5.43. The number of ether oxygens (including phenoxy) is 1. The van der Waals surface area contributed by atoms with E-state index in [9.17, 15) is 14.0 Å². The largest absolute Gasteiger partial charge is 0.452 e. The molecule has 8 heteroatoms. The summed E-state index contributed by atoms with van der Waals surface area (Å²) in [6.07, 6.45) is 2.76. The number of hydrogen-bond acceptors (Lipinski definition) is 4. The molecule has 1 heterocycles. The Morgan fingerprint density at radius 3 is 2.57 bits per heavy atom. The lowest BCUT2D eigenvalue weighted by atomic mass is 9.78. The van der Waals surface area contributed by atoms with Crippen molar-refractivity contribution in [3.05, 3.63) is 58.0 Å². The molecule has 1 aliphatic rings. The Morgan fingerprint density at radius 2 is 1.93 bits per heavy atom. The van der Waals surface area contributed by atoms with Crippen LogP contribution in [0.15, 0.2) is 36.5 Å². The number of rotatable bonds is 5. The third-order valence-electron chi connectivity index (χ3n) is 4.94. The van der Waals surface area contributed by atoms with Crippen LogP contribution < -0.4 is 5.32 Å². The minimum absolute atomic E-state index is 0.114. The van der Waals surface area contributed by atoms with Crippen molar-refractivity contribution in [3.8, 4) is 0 Å². The maximum absolute atomic E-state index is 14.4. The lowest BCUT2D eigenvalue weighted by Gasteiger charge is -2.29. The van der Waals surface area contributed by atoms with Gasteiger partial charge in [0, 0.05) is 11.8 Å². The molecule has 1 atom stereocenters. The summed E-state index contributed by atoms with van der Waals surface area (Å²) in [5.41, 5.74) is -0.761. The molecule has 0 radical (unpaired) electrons. The highest BCUT2D eigenvalue weighted by molar-refractivity contribution is 6.36. The number of aromatic nitrogens is 1. The zero-order valence-electron chi connectivity index (χ0n) is 15.2. The van der Waals surface area contributed by atoms with Crippen LogP contribution in [-0.4, -0.2) is 23.0 Å². The molecular formula is C20H19Cl2FN2O3. The Kier molecular flexibility index (Phi) is 6.20. The molecular weight excluding hydrogens is 406 g/mol. The Labute approximate surface area is 172 Å². The van der Waals surface area contributed by atoms with Gasteiger partial charge in [-0.3, -0.25) is 9.59 Å². The molecule has 1 aromatic heterocycles. The first-order valence-corrected chi connectivity index (χ1v) is 9.67. The van der Waals surface area contributed by atoms with Crippen molar-refractivity contribution in [2.24, 2.45) is 0 Å². The minimum Gasteiger partial charge on any atom is -0.452 e. The second-order valence-electron chi connectivity index (χ2n) is 6.79. The molecule has 2 aromatic rings. The molecule has 1 N–H and O–H groups in total. The third kappa shape index (κ3) is 4.13. The molecule has 28 heavy (non-hydrogen) atoms. The van der Waals surface area contributed by atoms with E-state index in [0.29, 0.717) is 23.4 Å². The molecule has 0 aliphatic heterocycles. The number of carbonyl (C=O) groups is 2. The zero-order valence-corrected chi connectivity index (χ0v) is 16.7. The number of carbonyl (C=O) groups excluding carboxylic acids is 2. The number of hydrogen-bond donors (Lipinski definition) is 1. The predicted molar refractivity (Wildman–Crippen MR) is 105 cm³/mol. The number of amides is 1. The fraction of sp³-hybridized carbons (Fsp3) is 0.350. The SMILES string of the molecule is CC(OC(=O)C1(c2ccccc2F)CCCC1)C(=O)Nc1ncc(Cl)cc1Cl. The van der Waals surface area contributed by atoms with E-state index in [-0.39, 0.29) is 10.8 Å². The van der Waals surface area contributed by atoms with Crippen LogP contribution in [0.3, 0.4) is 0 Å². The number of esters is 1. The number of anilines is 1. The quantitative estimate of drug-likeness (QED) is 0.692. The van der Waals surface area contributed by atoms with Gasteiger partial charge in [0.05, 0.1) is 15.5 Å². The van der Waals surface area contributed by atoms with Gasteiger partial charge < -0.3 is 10.1 Å². The van der Waals surface area contributed by atoms with Crippen molar-refractivity contribution in [1.82, 2.24) is 4.98 Å². The van der Waals surface area contributed by atoms with Gasteiger partial charge in [-0.25, -0.2) is 9.37 Å². The van der Waals surface area contributed by atoms with E-state index in [0.717, 1.165) is 12.8 Å². The fourth-order valence-corrected chi connectivity index (χ4v) is 3.89. The predicted octanol–water partition coefficient (Wildman–Crippen LogP) is 4.91. The van der Waals surface area contributed by atoms with E-state index in [1.807, 2.05) is 0 Å². The van der Waals surface area contributed by atoms with Gasteiger partial charge in [-0.1, -0.05) is 54.2 Å². The molecule has 1 amide bonds. The van der Waals surface area contributed by atoms with Crippen LogP contribution >= 0.6 is 23.2 Å². The zero-order chi connectivity index (χ0) is 20.3. The molecule has 1 aromatic carbocycles. The molecule has 148 valence electrons. The van der Waals surface area contributed by atoms with Crippen LogP contribution in [0.5, 0.6) is 0 Å². The number of pyridine rings is 1. The molecule has 1 saturated carbocycles. The maximum atomic E-state index is 14.4. The summed E-state index contributed by atoms with van der Waals surface area (Å²) in [6, 6.07) is 7.63. The van der Waals surface area contributed by atoms with E-state index in [2.05, 4.69) is 10.3 Å². The first kappa shape index (κ1) is 20.6. The summed E-state index contributed by atoms with van der Waals surface area (Å²) >= 11 is 11.8. The average molecular weight is 425 g/mol. The topological polar surface area (TPSA) is 68.3 Å². The number of halogens is 3. The summed E-state index contributed by atoms with van der Waals surface area (Å²) in [4.78, 5) is 29.3. The van der Waals surface area contributed by atoms with Crippen LogP contribution in [0.1, 0.15) is 38.2 Å². The van der Waals surface area contributed by atoms with Crippen molar-refractivity contribution in [2.75, 3.05) is 5.32 Å². The normalized spacial score (nSPS) is 16.4. The fourth-order valence-electron chi connectivity index (χ4n) is 3.46. The molecule has 1 fully saturated rings. The summed E-state index contributed by atoms with van der Waals surface area (Å²) in [7, 11) is 0.